The van der Waals surface area contributed by atoms with Gasteiger partial charge in [-0.2, -0.15) is 9.97 Å². The average Bonchev–Trinajstić information content (AvgIpc) is 3.52. The fourth-order valence-corrected chi connectivity index (χ4v) is 18.6. The molecular formula is C31H44ClN5O6Si2. The van der Waals surface area contributed by atoms with Crippen molar-refractivity contribution in [2.45, 2.75) is 108 Å². The molecule has 5 heterocycles. The second-order valence-corrected chi connectivity index (χ2v) is 22.8. The predicted molar refractivity (Wildman–Crippen MR) is 176 cm³/mol. The molecule has 3 aliphatic rings. The second kappa shape index (κ2) is 12.1. The third-order valence-corrected chi connectivity index (χ3v) is 20.1. The van der Waals surface area contributed by atoms with Crippen molar-refractivity contribution in [3.05, 3.63) is 47.4 Å². The van der Waals surface area contributed by atoms with Gasteiger partial charge in [-0.1, -0.05) is 85.2 Å². The van der Waals surface area contributed by atoms with Gasteiger partial charge in [0.2, 0.25) is 5.95 Å². The average molecular weight is 674 g/mol. The van der Waals surface area contributed by atoms with Crippen LogP contribution in [0.4, 0.5) is 5.95 Å². The minimum atomic E-state index is -2.92. The summed E-state index contributed by atoms with van der Waals surface area (Å²) in [7, 11) is -5.67. The molecule has 11 nitrogen and oxygen atoms in total. The third kappa shape index (κ3) is 5.29. The summed E-state index contributed by atoms with van der Waals surface area (Å²) in [5, 5.41) is 2.89. The SMILES string of the molecule is CC(C)[Si]1(C(C)C)OCC2OC(n3cnc4c(Cl)nc(NC(=O)c5ccccc5)nc43)[C@@]3(CCO3)C2O[Si](C(C)C)(C(C)C)O1. The molecule has 244 valence electrons. The third-order valence-electron chi connectivity index (χ3n) is 9.62. The van der Waals surface area contributed by atoms with Crippen LogP contribution in [0.3, 0.4) is 0 Å². The number of anilines is 1. The van der Waals surface area contributed by atoms with Gasteiger partial charge in [0, 0.05) is 12.0 Å². The minimum absolute atomic E-state index is 0.0689. The molecule has 0 saturated carbocycles. The van der Waals surface area contributed by atoms with Gasteiger partial charge in [-0.25, -0.2) is 4.98 Å². The number of nitrogens with zero attached hydrogens (tertiary/aromatic N) is 4. The highest BCUT2D eigenvalue weighted by atomic mass is 35.5. The maximum absolute atomic E-state index is 12.9. The van der Waals surface area contributed by atoms with Crippen LogP contribution in [0.1, 0.15) is 78.4 Å². The van der Waals surface area contributed by atoms with Crippen LogP contribution in [0.5, 0.6) is 0 Å². The Morgan fingerprint density at radius 1 is 1.00 bits per heavy atom. The van der Waals surface area contributed by atoms with E-state index in [2.05, 4.69) is 70.7 Å². The first-order chi connectivity index (χ1) is 21.3. The number of fused-ring (bicyclic) bond motifs is 3. The minimum Gasteiger partial charge on any atom is -0.414 e. The predicted octanol–water partition coefficient (Wildman–Crippen LogP) is 6.74. The van der Waals surface area contributed by atoms with E-state index in [1.807, 2.05) is 10.6 Å². The molecular weight excluding hydrogens is 630 g/mol. The van der Waals surface area contributed by atoms with Crippen LogP contribution in [-0.2, 0) is 22.4 Å². The molecule has 3 aromatic rings. The lowest BCUT2D eigenvalue weighted by Crippen LogP contribution is -2.68. The number of amides is 1. The van der Waals surface area contributed by atoms with E-state index in [4.69, 9.17) is 39.0 Å². The van der Waals surface area contributed by atoms with Crippen LogP contribution in [0.2, 0.25) is 27.3 Å². The summed E-state index contributed by atoms with van der Waals surface area (Å²) in [5.41, 5.74) is 1.25. The van der Waals surface area contributed by atoms with E-state index in [0.29, 0.717) is 36.4 Å². The number of ether oxygens (including phenoxy) is 2. The highest BCUT2D eigenvalue weighted by Crippen LogP contribution is 2.55. The Bertz CT molecular complexity index is 1530. The summed E-state index contributed by atoms with van der Waals surface area (Å²) in [5.74, 6) is -0.275. The number of benzene rings is 1. The molecule has 45 heavy (non-hydrogen) atoms. The molecule has 6 rings (SSSR count). The normalized spacial score (nSPS) is 27.6. The van der Waals surface area contributed by atoms with Crippen molar-refractivity contribution in [2.24, 2.45) is 0 Å². The van der Waals surface area contributed by atoms with Crippen molar-refractivity contribution in [3.8, 4) is 0 Å². The Balaban J connectivity index is 1.41. The zero-order chi connectivity index (χ0) is 32.3. The number of imidazole rings is 1. The highest BCUT2D eigenvalue weighted by molar-refractivity contribution is 6.84. The van der Waals surface area contributed by atoms with Crippen LogP contribution in [0.25, 0.3) is 11.2 Å². The Labute approximate surface area is 271 Å². The van der Waals surface area contributed by atoms with Crippen molar-refractivity contribution in [1.29, 1.82) is 0 Å². The monoisotopic (exact) mass is 673 g/mol. The maximum Gasteiger partial charge on any atom is 0.335 e. The largest absolute Gasteiger partial charge is 0.414 e. The lowest BCUT2D eigenvalue weighted by molar-refractivity contribution is -0.224. The lowest BCUT2D eigenvalue weighted by atomic mass is 9.86. The molecule has 4 atom stereocenters. The molecule has 0 aliphatic carbocycles. The van der Waals surface area contributed by atoms with Crippen molar-refractivity contribution >= 4 is 51.7 Å². The quantitative estimate of drug-likeness (QED) is 0.215. The number of rotatable bonds is 7. The zero-order valence-corrected chi connectivity index (χ0v) is 30.0. The Morgan fingerprint density at radius 2 is 1.64 bits per heavy atom. The number of halogens is 1. The fourth-order valence-electron chi connectivity index (χ4n) is 7.16. The zero-order valence-electron chi connectivity index (χ0n) is 27.2. The first kappa shape index (κ1) is 32.7. The van der Waals surface area contributed by atoms with E-state index in [1.165, 1.54) is 0 Å². The topological polar surface area (TPSA) is 119 Å². The van der Waals surface area contributed by atoms with E-state index in [1.54, 1.807) is 30.6 Å². The molecule has 3 unspecified atom stereocenters. The number of hydrogen-bond acceptors (Lipinski definition) is 9. The summed E-state index contributed by atoms with van der Waals surface area (Å²) < 4.78 is 37.0. The Hall–Kier alpha value is -2.24. The molecule has 1 aromatic carbocycles. The van der Waals surface area contributed by atoms with Crippen LogP contribution >= 0.6 is 11.6 Å². The molecule has 14 heteroatoms. The van der Waals surface area contributed by atoms with Gasteiger partial charge in [-0.3, -0.25) is 14.7 Å². The molecule has 3 fully saturated rings. The summed E-state index contributed by atoms with van der Waals surface area (Å²) >= 11 is 6.59. The highest BCUT2D eigenvalue weighted by Gasteiger charge is 2.68. The molecule has 0 radical (unpaired) electrons. The number of carbonyl (C=O) groups is 1. The summed E-state index contributed by atoms with van der Waals surface area (Å²) in [6, 6.07) is 8.87. The molecule has 1 spiro atoms. The molecule has 1 N–H and O–H groups in total. The van der Waals surface area contributed by atoms with Gasteiger partial charge in [0.05, 0.1) is 19.5 Å². The second-order valence-electron chi connectivity index (χ2n) is 13.6. The van der Waals surface area contributed by atoms with Gasteiger partial charge in [-0.15, -0.1) is 0 Å². The van der Waals surface area contributed by atoms with Crippen LogP contribution in [0.15, 0.2) is 36.7 Å². The number of hydrogen-bond donors (Lipinski definition) is 1. The van der Waals surface area contributed by atoms with Crippen LogP contribution < -0.4 is 5.32 Å². The van der Waals surface area contributed by atoms with Crippen molar-refractivity contribution in [2.75, 3.05) is 18.5 Å². The van der Waals surface area contributed by atoms with Gasteiger partial charge in [0.1, 0.15) is 23.3 Å². The Morgan fingerprint density at radius 3 is 2.22 bits per heavy atom. The van der Waals surface area contributed by atoms with Gasteiger partial charge in [0.15, 0.2) is 17.0 Å². The molecule has 2 aromatic heterocycles. The van der Waals surface area contributed by atoms with Gasteiger partial charge < -0.3 is 22.4 Å². The van der Waals surface area contributed by atoms with Crippen molar-refractivity contribution in [1.82, 2.24) is 19.5 Å². The fraction of sp³-hybridized carbons (Fsp3) is 0.613. The van der Waals surface area contributed by atoms with Gasteiger partial charge >= 0.3 is 17.1 Å². The molecule has 0 bridgehead atoms. The van der Waals surface area contributed by atoms with E-state index in [0.717, 1.165) is 0 Å². The summed E-state index contributed by atoms with van der Waals surface area (Å²) in [6.45, 7) is 18.5. The first-order valence-corrected chi connectivity index (χ1v) is 20.2. The van der Waals surface area contributed by atoms with Crippen molar-refractivity contribution < 1.29 is 27.2 Å². The Kier molecular flexibility index (Phi) is 8.78. The van der Waals surface area contributed by atoms with Crippen LogP contribution in [0, 0.1) is 0 Å². The van der Waals surface area contributed by atoms with E-state index >= 15 is 0 Å². The van der Waals surface area contributed by atoms with E-state index in [-0.39, 0.29) is 39.2 Å². The standard InChI is InChI=1S/C31H44ClN5O6Si2/c1-18(2)44(19(3)4)40-16-23-25(42-45(43-44,20(5)6)21(7)8)31(14-15-39-31)29(41-23)37-17-33-24-26(32)34-30(35-27(24)37)36-28(38)22-12-10-9-11-13-22/h9-13,17-21,23,25,29H,14-16H2,1-8H3,(H,34,35,36,38)/t23?,25?,29?,31-/m1/s1. The smallest absolute Gasteiger partial charge is 0.335 e. The van der Waals surface area contributed by atoms with E-state index < -0.39 is 41.2 Å². The summed E-state index contributed by atoms with van der Waals surface area (Å²) in [4.78, 5) is 26.5. The number of aromatic nitrogens is 4. The molecule has 3 saturated heterocycles. The number of carbonyl (C=O) groups excluding carboxylic acids is 1. The van der Waals surface area contributed by atoms with Crippen LogP contribution in [-0.4, -0.2) is 73.6 Å². The maximum atomic E-state index is 12.9. The van der Waals surface area contributed by atoms with Gasteiger partial charge in [-0.05, 0) is 34.3 Å². The summed E-state index contributed by atoms with van der Waals surface area (Å²) in [6.07, 6.45) is 0.907. The van der Waals surface area contributed by atoms with Crippen molar-refractivity contribution in [3.63, 3.8) is 0 Å². The van der Waals surface area contributed by atoms with E-state index in [9.17, 15) is 4.79 Å². The number of nitrogens with one attached hydrogen (secondary N) is 1. The lowest BCUT2D eigenvalue weighted by Gasteiger charge is -2.54. The molecule has 1 amide bonds. The van der Waals surface area contributed by atoms with Gasteiger partial charge in [0.25, 0.3) is 5.91 Å². The first-order valence-electron chi connectivity index (χ1n) is 15.9. The molecule has 3 aliphatic heterocycles.